The van der Waals surface area contributed by atoms with E-state index in [1.54, 1.807) is 19.1 Å². The molecule has 1 aromatic carbocycles. The number of carbonyl (C=O) groups excluding carboxylic acids is 1. The van der Waals surface area contributed by atoms with Crippen LogP contribution in [0.3, 0.4) is 0 Å². The molecule has 3 unspecified atom stereocenters. The van der Waals surface area contributed by atoms with Gasteiger partial charge in [0, 0.05) is 19.7 Å². The average molecular weight is 321 g/mol. The highest BCUT2D eigenvalue weighted by Gasteiger charge is 2.38. The van der Waals surface area contributed by atoms with E-state index < -0.39 is 5.97 Å². The Kier molecular flexibility index (Phi) is 5.60. The van der Waals surface area contributed by atoms with E-state index in [4.69, 9.17) is 14.6 Å². The first-order chi connectivity index (χ1) is 11.0. The number of hydrogen-bond donors (Lipinski definition) is 1. The molecule has 1 fully saturated rings. The van der Waals surface area contributed by atoms with Crippen LogP contribution in [-0.2, 0) is 14.3 Å². The highest BCUT2D eigenvalue weighted by atomic mass is 16.5. The first-order valence-corrected chi connectivity index (χ1v) is 7.65. The standard InChI is InChI=1S/C17H23NO5/c1-11(12-5-4-6-14(7-12)22-2)17(21)18-10-15(23-3)8-13(18)9-16(19)20/h4-7,11,13,15H,8-10H2,1-3H3,(H,19,20). The molecular formula is C17H23NO5. The Hall–Kier alpha value is -2.08. The molecule has 1 amide bonds. The van der Waals surface area contributed by atoms with Gasteiger partial charge < -0.3 is 19.5 Å². The summed E-state index contributed by atoms with van der Waals surface area (Å²) in [7, 11) is 3.17. The normalized spacial score (nSPS) is 22.0. The van der Waals surface area contributed by atoms with E-state index in [1.165, 1.54) is 0 Å². The van der Waals surface area contributed by atoms with Gasteiger partial charge in [-0.3, -0.25) is 9.59 Å². The Labute approximate surface area is 136 Å². The fraction of sp³-hybridized carbons (Fsp3) is 0.529. The number of carboxylic acids is 1. The van der Waals surface area contributed by atoms with Crippen LogP contribution in [-0.4, -0.2) is 54.8 Å². The largest absolute Gasteiger partial charge is 0.497 e. The molecule has 0 saturated carbocycles. The van der Waals surface area contributed by atoms with Crippen molar-refractivity contribution in [3.05, 3.63) is 29.8 Å². The van der Waals surface area contributed by atoms with Crippen molar-refractivity contribution in [2.75, 3.05) is 20.8 Å². The van der Waals surface area contributed by atoms with Crippen molar-refractivity contribution in [2.45, 2.75) is 37.8 Å². The van der Waals surface area contributed by atoms with Crippen LogP contribution in [0.1, 0.15) is 31.2 Å². The molecule has 0 bridgehead atoms. The second-order valence-corrected chi connectivity index (χ2v) is 5.83. The van der Waals surface area contributed by atoms with Crippen LogP contribution in [0.15, 0.2) is 24.3 Å². The van der Waals surface area contributed by atoms with Gasteiger partial charge in [-0.15, -0.1) is 0 Å². The Balaban J connectivity index is 2.17. The second kappa shape index (κ2) is 7.46. The zero-order chi connectivity index (χ0) is 17.0. The molecule has 23 heavy (non-hydrogen) atoms. The maximum absolute atomic E-state index is 12.8. The number of nitrogens with zero attached hydrogens (tertiary/aromatic N) is 1. The number of carbonyl (C=O) groups is 2. The molecule has 0 aromatic heterocycles. The Morgan fingerprint density at radius 2 is 2.13 bits per heavy atom. The molecule has 2 rings (SSSR count). The molecule has 126 valence electrons. The van der Waals surface area contributed by atoms with E-state index in [0.717, 1.165) is 5.56 Å². The topological polar surface area (TPSA) is 76.1 Å². The molecule has 3 atom stereocenters. The van der Waals surface area contributed by atoms with Crippen molar-refractivity contribution >= 4 is 11.9 Å². The summed E-state index contributed by atoms with van der Waals surface area (Å²) in [5, 5.41) is 9.06. The van der Waals surface area contributed by atoms with Crippen molar-refractivity contribution in [1.82, 2.24) is 4.90 Å². The molecule has 1 aliphatic heterocycles. The van der Waals surface area contributed by atoms with Crippen LogP contribution in [0, 0.1) is 0 Å². The zero-order valence-electron chi connectivity index (χ0n) is 13.7. The second-order valence-electron chi connectivity index (χ2n) is 5.83. The molecule has 1 aromatic rings. The molecule has 6 nitrogen and oxygen atoms in total. The van der Waals surface area contributed by atoms with Crippen LogP contribution in [0.25, 0.3) is 0 Å². The highest BCUT2D eigenvalue weighted by Crippen LogP contribution is 2.28. The Morgan fingerprint density at radius 1 is 1.39 bits per heavy atom. The fourth-order valence-corrected chi connectivity index (χ4v) is 3.01. The minimum Gasteiger partial charge on any atom is -0.497 e. The molecule has 1 heterocycles. The fourth-order valence-electron chi connectivity index (χ4n) is 3.01. The van der Waals surface area contributed by atoms with Crippen molar-refractivity contribution in [1.29, 1.82) is 0 Å². The summed E-state index contributed by atoms with van der Waals surface area (Å²) in [6.45, 7) is 2.26. The number of ether oxygens (including phenoxy) is 2. The first-order valence-electron chi connectivity index (χ1n) is 7.65. The van der Waals surface area contributed by atoms with E-state index in [1.807, 2.05) is 31.2 Å². The molecule has 6 heteroatoms. The van der Waals surface area contributed by atoms with E-state index in [2.05, 4.69) is 0 Å². The van der Waals surface area contributed by atoms with Crippen molar-refractivity contribution in [3.8, 4) is 5.75 Å². The first kappa shape index (κ1) is 17.3. The van der Waals surface area contributed by atoms with Crippen molar-refractivity contribution in [3.63, 3.8) is 0 Å². The predicted molar refractivity (Wildman–Crippen MR) is 84.6 cm³/mol. The molecule has 0 spiro atoms. The maximum atomic E-state index is 12.8. The van der Waals surface area contributed by atoms with Gasteiger partial charge >= 0.3 is 5.97 Å². The van der Waals surface area contributed by atoms with Gasteiger partial charge in [-0.05, 0) is 31.0 Å². The summed E-state index contributed by atoms with van der Waals surface area (Å²) in [4.78, 5) is 25.5. The Bertz CT molecular complexity index is 574. The van der Waals surface area contributed by atoms with Crippen LogP contribution in [0.2, 0.25) is 0 Å². The van der Waals surface area contributed by atoms with E-state index in [9.17, 15) is 9.59 Å². The number of hydrogen-bond acceptors (Lipinski definition) is 4. The van der Waals surface area contributed by atoms with Crippen molar-refractivity contribution in [2.24, 2.45) is 0 Å². The van der Waals surface area contributed by atoms with Crippen LogP contribution in [0.4, 0.5) is 0 Å². The minimum absolute atomic E-state index is 0.0591. The summed E-state index contributed by atoms with van der Waals surface area (Å²) in [5.41, 5.74) is 0.851. The molecule has 1 saturated heterocycles. The van der Waals surface area contributed by atoms with Gasteiger partial charge in [0.15, 0.2) is 0 Å². The maximum Gasteiger partial charge on any atom is 0.305 e. The van der Waals surface area contributed by atoms with Gasteiger partial charge in [-0.25, -0.2) is 0 Å². The van der Waals surface area contributed by atoms with Crippen LogP contribution >= 0.6 is 0 Å². The quantitative estimate of drug-likeness (QED) is 0.866. The van der Waals surface area contributed by atoms with E-state index in [-0.39, 0.29) is 30.4 Å². The van der Waals surface area contributed by atoms with Gasteiger partial charge in [0.1, 0.15) is 5.75 Å². The number of likely N-dealkylation sites (tertiary alicyclic amines) is 1. The third kappa shape index (κ3) is 4.01. The molecular weight excluding hydrogens is 298 g/mol. The SMILES string of the molecule is COc1cccc(C(C)C(=O)N2CC(OC)CC2CC(=O)O)c1. The van der Waals surface area contributed by atoms with Crippen LogP contribution < -0.4 is 4.74 Å². The lowest BCUT2D eigenvalue weighted by molar-refractivity contribution is -0.140. The van der Waals surface area contributed by atoms with E-state index in [0.29, 0.717) is 18.7 Å². The summed E-state index contributed by atoms with van der Waals surface area (Å²) < 4.78 is 10.5. The lowest BCUT2D eigenvalue weighted by Crippen LogP contribution is -2.39. The summed E-state index contributed by atoms with van der Waals surface area (Å²) >= 11 is 0. The monoisotopic (exact) mass is 321 g/mol. The number of carboxylic acid groups (broad SMARTS) is 1. The van der Waals surface area contributed by atoms with E-state index >= 15 is 0 Å². The number of benzene rings is 1. The Morgan fingerprint density at radius 3 is 2.74 bits per heavy atom. The van der Waals surface area contributed by atoms with Gasteiger partial charge in [0.05, 0.1) is 25.6 Å². The number of amides is 1. The summed E-state index contributed by atoms with van der Waals surface area (Å²) in [5.74, 6) is -0.653. The molecule has 0 radical (unpaired) electrons. The third-order valence-electron chi connectivity index (χ3n) is 4.37. The zero-order valence-corrected chi connectivity index (χ0v) is 13.7. The highest BCUT2D eigenvalue weighted by molar-refractivity contribution is 5.84. The van der Waals surface area contributed by atoms with Gasteiger partial charge in [-0.2, -0.15) is 0 Å². The molecule has 1 aliphatic rings. The van der Waals surface area contributed by atoms with Crippen LogP contribution in [0.5, 0.6) is 5.75 Å². The van der Waals surface area contributed by atoms with Gasteiger partial charge in [-0.1, -0.05) is 12.1 Å². The number of methoxy groups -OCH3 is 2. The smallest absolute Gasteiger partial charge is 0.305 e. The molecule has 0 aliphatic carbocycles. The third-order valence-corrected chi connectivity index (χ3v) is 4.37. The summed E-state index contributed by atoms with van der Waals surface area (Å²) in [6.07, 6.45) is 0.385. The predicted octanol–water partition coefficient (Wildman–Crippen LogP) is 1.89. The van der Waals surface area contributed by atoms with Gasteiger partial charge in [0.25, 0.3) is 0 Å². The lowest BCUT2D eigenvalue weighted by Gasteiger charge is -2.26. The van der Waals surface area contributed by atoms with Gasteiger partial charge in [0.2, 0.25) is 5.91 Å². The number of aliphatic carboxylic acids is 1. The summed E-state index contributed by atoms with van der Waals surface area (Å²) in [6, 6.07) is 7.05. The number of rotatable bonds is 6. The lowest BCUT2D eigenvalue weighted by atomic mass is 9.98. The van der Waals surface area contributed by atoms with Crippen molar-refractivity contribution < 1.29 is 24.2 Å². The average Bonchev–Trinajstić information content (AvgIpc) is 2.95. The minimum atomic E-state index is -0.904. The molecule has 1 N–H and O–H groups in total.